The number of carbonyl (C=O) groups is 1. The lowest BCUT2D eigenvalue weighted by Gasteiger charge is -2.32. The maximum atomic E-state index is 11.2. The van der Waals surface area contributed by atoms with Crippen molar-refractivity contribution in [3.63, 3.8) is 0 Å². The third kappa shape index (κ3) is 7.96. The molecule has 1 aromatic rings. The maximum absolute atomic E-state index is 11.2. The van der Waals surface area contributed by atoms with Crippen LogP contribution < -0.4 is 10.1 Å². The monoisotopic (exact) mass is 403 g/mol. The molecule has 6 nitrogen and oxygen atoms in total. The number of piperidine rings is 1. The van der Waals surface area contributed by atoms with Gasteiger partial charge < -0.3 is 20.1 Å². The first-order chi connectivity index (χ1) is 14.1. The van der Waals surface area contributed by atoms with E-state index < -0.39 is 6.10 Å². The fourth-order valence-electron chi connectivity index (χ4n) is 4.38. The van der Waals surface area contributed by atoms with Gasteiger partial charge in [-0.25, -0.2) is 0 Å². The van der Waals surface area contributed by atoms with Crippen molar-refractivity contribution in [2.45, 2.75) is 64.1 Å². The summed E-state index contributed by atoms with van der Waals surface area (Å²) in [6, 6.07) is 8.50. The molecule has 6 heteroatoms. The highest BCUT2D eigenvalue weighted by Crippen LogP contribution is 2.18. The Kier molecular flexibility index (Phi) is 8.77. The lowest BCUT2D eigenvalue weighted by Crippen LogP contribution is -2.43. The predicted octanol–water partition coefficient (Wildman–Crippen LogP) is 2.40. The van der Waals surface area contributed by atoms with Gasteiger partial charge in [0.05, 0.1) is 0 Å². The van der Waals surface area contributed by atoms with Crippen LogP contribution in [-0.4, -0.2) is 72.3 Å². The summed E-state index contributed by atoms with van der Waals surface area (Å²) < 4.78 is 5.89. The highest BCUT2D eigenvalue weighted by Gasteiger charge is 2.20. The summed E-state index contributed by atoms with van der Waals surface area (Å²) in [5.74, 6) is 0.886. The van der Waals surface area contributed by atoms with Gasteiger partial charge in [0, 0.05) is 39.1 Å². The smallest absolute Gasteiger partial charge is 0.217 e. The SMILES string of the molecule is CC(=O)NC1CCN(Cc2cccc(OC[C@H](O)CN3CCCCCC3)c2)CC1. The van der Waals surface area contributed by atoms with Crippen LogP contribution in [0.25, 0.3) is 0 Å². The molecule has 0 radical (unpaired) electrons. The molecular formula is C23H37N3O3. The maximum Gasteiger partial charge on any atom is 0.217 e. The molecule has 1 atom stereocenters. The van der Waals surface area contributed by atoms with Crippen LogP contribution in [0.4, 0.5) is 0 Å². The van der Waals surface area contributed by atoms with E-state index in [0.29, 0.717) is 19.2 Å². The van der Waals surface area contributed by atoms with Crippen molar-refractivity contribution < 1.29 is 14.6 Å². The van der Waals surface area contributed by atoms with E-state index in [9.17, 15) is 9.90 Å². The van der Waals surface area contributed by atoms with Crippen LogP contribution in [0.1, 0.15) is 51.0 Å². The first-order valence-electron chi connectivity index (χ1n) is 11.2. The average molecular weight is 404 g/mol. The number of likely N-dealkylation sites (tertiary alicyclic amines) is 2. The minimum absolute atomic E-state index is 0.0614. The van der Waals surface area contributed by atoms with Gasteiger partial charge in [0.2, 0.25) is 5.91 Å². The van der Waals surface area contributed by atoms with Gasteiger partial charge in [-0.15, -0.1) is 0 Å². The van der Waals surface area contributed by atoms with E-state index in [0.717, 1.165) is 51.3 Å². The van der Waals surface area contributed by atoms with E-state index in [2.05, 4.69) is 27.2 Å². The summed E-state index contributed by atoms with van der Waals surface area (Å²) in [6.07, 6.45) is 6.62. The van der Waals surface area contributed by atoms with Crippen molar-refractivity contribution in [3.05, 3.63) is 29.8 Å². The lowest BCUT2D eigenvalue weighted by molar-refractivity contribution is -0.119. The summed E-state index contributed by atoms with van der Waals surface area (Å²) in [5, 5.41) is 13.4. The fourth-order valence-corrected chi connectivity index (χ4v) is 4.38. The molecule has 2 heterocycles. The van der Waals surface area contributed by atoms with E-state index in [1.807, 2.05) is 12.1 Å². The van der Waals surface area contributed by atoms with E-state index in [1.54, 1.807) is 6.92 Å². The Morgan fingerprint density at radius 2 is 1.86 bits per heavy atom. The van der Waals surface area contributed by atoms with Crippen LogP contribution >= 0.6 is 0 Å². The predicted molar refractivity (Wildman–Crippen MR) is 115 cm³/mol. The lowest BCUT2D eigenvalue weighted by atomic mass is 10.0. The van der Waals surface area contributed by atoms with Crippen LogP contribution in [0, 0.1) is 0 Å². The molecule has 2 N–H and O–H groups in total. The third-order valence-electron chi connectivity index (χ3n) is 5.91. The molecule has 0 unspecified atom stereocenters. The molecular weight excluding hydrogens is 366 g/mol. The molecule has 1 aromatic carbocycles. The fraction of sp³-hybridized carbons (Fsp3) is 0.696. The van der Waals surface area contributed by atoms with E-state index >= 15 is 0 Å². The highest BCUT2D eigenvalue weighted by molar-refractivity contribution is 5.73. The van der Waals surface area contributed by atoms with Crippen molar-refractivity contribution >= 4 is 5.91 Å². The number of rotatable bonds is 8. The molecule has 0 aliphatic carbocycles. The minimum Gasteiger partial charge on any atom is -0.491 e. The second-order valence-electron chi connectivity index (χ2n) is 8.58. The molecule has 0 spiro atoms. The minimum atomic E-state index is -0.454. The van der Waals surface area contributed by atoms with E-state index in [4.69, 9.17) is 4.74 Å². The third-order valence-corrected chi connectivity index (χ3v) is 5.91. The molecule has 162 valence electrons. The van der Waals surface area contributed by atoms with Crippen LogP contribution in [0.5, 0.6) is 5.75 Å². The largest absolute Gasteiger partial charge is 0.491 e. The van der Waals surface area contributed by atoms with Crippen LogP contribution in [0.3, 0.4) is 0 Å². The number of ether oxygens (including phenoxy) is 1. The van der Waals surface area contributed by atoms with Gasteiger partial charge in [-0.2, -0.15) is 0 Å². The van der Waals surface area contributed by atoms with Crippen LogP contribution in [0.2, 0.25) is 0 Å². The molecule has 2 saturated heterocycles. The van der Waals surface area contributed by atoms with Gasteiger partial charge in [-0.05, 0) is 56.5 Å². The van der Waals surface area contributed by atoms with Gasteiger partial charge in [0.1, 0.15) is 18.5 Å². The van der Waals surface area contributed by atoms with E-state index in [-0.39, 0.29) is 5.91 Å². The van der Waals surface area contributed by atoms with E-state index in [1.165, 1.54) is 31.2 Å². The Balaban J connectivity index is 1.40. The summed E-state index contributed by atoms with van der Waals surface area (Å²) in [7, 11) is 0. The molecule has 3 rings (SSSR count). The summed E-state index contributed by atoms with van der Waals surface area (Å²) in [4.78, 5) is 16.0. The quantitative estimate of drug-likeness (QED) is 0.698. The zero-order valence-electron chi connectivity index (χ0n) is 17.8. The first kappa shape index (κ1) is 22.1. The first-order valence-corrected chi connectivity index (χ1v) is 11.2. The molecule has 2 aliphatic heterocycles. The Morgan fingerprint density at radius 1 is 1.14 bits per heavy atom. The summed E-state index contributed by atoms with van der Waals surface area (Å²) in [5.41, 5.74) is 1.22. The second-order valence-corrected chi connectivity index (χ2v) is 8.58. The van der Waals surface area contributed by atoms with Gasteiger partial charge in [-0.3, -0.25) is 9.69 Å². The zero-order chi connectivity index (χ0) is 20.5. The van der Waals surface area contributed by atoms with Crippen molar-refractivity contribution in [2.75, 3.05) is 39.3 Å². The van der Waals surface area contributed by atoms with Crippen molar-refractivity contribution in [3.8, 4) is 5.75 Å². The van der Waals surface area contributed by atoms with Crippen molar-refractivity contribution in [2.24, 2.45) is 0 Å². The highest BCUT2D eigenvalue weighted by atomic mass is 16.5. The van der Waals surface area contributed by atoms with Crippen LogP contribution in [-0.2, 0) is 11.3 Å². The molecule has 0 bridgehead atoms. The number of β-amino-alcohol motifs (C(OH)–C–C–N with tert-alkyl or cyclic N) is 1. The Hall–Kier alpha value is -1.63. The molecule has 2 aliphatic rings. The van der Waals surface area contributed by atoms with Gasteiger partial charge in [-0.1, -0.05) is 25.0 Å². The molecule has 0 aromatic heterocycles. The number of nitrogens with zero attached hydrogens (tertiary/aromatic N) is 2. The number of hydrogen-bond acceptors (Lipinski definition) is 5. The number of nitrogens with one attached hydrogen (secondary N) is 1. The Labute approximate surface area is 175 Å². The molecule has 1 amide bonds. The standard InChI is InChI=1S/C23H37N3O3/c1-19(27)24-21-9-13-26(14-10-21)16-20-7-6-8-23(15-20)29-18-22(28)17-25-11-4-2-3-5-12-25/h6-8,15,21-22,28H,2-5,9-14,16-18H2,1H3,(H,24,27)/t22-/m1/s1. The zero-order valence-corrected chi connectivity index (χ0v) is 17.8. The Bertz CT molecular complexity index is 624. The van der Waals surface area contributed by atoms with Crippen molar-refractivity contribution in [1.29, 1.82) is 0 Å². The van der Waals surface area contributed by atoms with Gasteiger partial charge in [0.15, 0.2) is 0 Å². The molecule has 0 saturated carbocycles. The van der Waals surface area contributed by atoms with Crippen LogP contribution in [0.15, 0.2) is 24.3 Å². The number of benzene rings is 1. The summed E-state index contributed by atoms with van der Waals surface area (Å²) >= 11 is 0. The van der Waals surface area contributed by atoms with Crippen molar-refractivity contribution in [1.82, 2.24) is 15.1 Å². The second kappa shape index (κ2) is 11.5. The number of aliphatic hydroxyl groups excluding tert-OH is 1. The van der Waals surface area contributed by atoms with Gasteiger partial charge in [0.25, 0.3) is 0 Å². The Morgan fingerprint density at radius 3 is 2.55 bits per heavy atom. The molecule has 2 fully saturated rings. The summed E-state index contributed by atoms with van der Waals surface area (Å²) in [6.45, 7) is 7.67. The van der Waals surface area contributed by atoms with Gasteiger partial charge >= 0.3 is 0 Å². The topological polar surface area (TPSA) is 65.0 Å². The average Bonchev–Trinajstić information content (AvgIpc) is 2.96. The normalized spacial score (nSPS) is 20.8. The number of carbonyl (C=O) groups excluding carboxylic acids is 1. The number of amides is 1. The number of hydrogen-bond donors (Lipinski definition) is 2. The molecule has 29 heavy (non-hydrogen) atoms. The number of aliphatic hydroxyl groups is 1.